The molecule has 1 atom stereocenters. The van der Waals surface area contributed by atoms with Gasteiger partial charge >= 0.3 is 0 Å². The molecule has 1 fully saturated rings. The van der Waals surface area contributed by atoms with E-state index in [0.29, 0.717) is 19.6 Å². The molecule has 6 heteroatoms. The Morgan fingerprint density at radius 3 is 2.83 bits per heavy atom. The van der Waals surface area contributed by atoms with Gasteiger partial charge in [0.2, 0.25) is 11.8 Å². The molecule has 0 radical (unpaired) electrons. The molecule has 3 N–H and O–H groups in total. The highest BCUT2D eigenvalue weighted by Crippen LogP contribution is 2.11. The molecule has 0 spiro atoms. The number of primary amides is 1. The molecule has 2 amide bonds. The molecular weight excluding hydrogens is 234 g/mol. The lowest BCUT2D eigenvalue weighted by atomic mass is 10.1. The van der Waals surface area contributed by atoms with Crippen molar-refractivity contribution in [3.8, 4) is 0 Å². The van der Waals surface area contributed by atoms with Crippen LogP contribution in [0.5, 0.6) is 0 Å². The number of hydrogen-bond donors (Lipinski definition) is 2. The number of carbonyl (C=O) groups excluding carboxylic acids is 2. The van der Waals surface area contributed by atoms with E-state index in [0.717, 1.165) is 25.9 Å². The van der Waals surface area contributed by atoms with E-state index >= 15 is 0 Å². The van der Waals surface area contributed by atoms with Gasteiger partial charge in [-0.2, -0.15) is 0 Å². The minimum atomic E-state index is -0.467. The fourth-order valence-corrected chi connectivity index (χ4v) is 2.14. The van der Waals surface area contributed by atoms with E-state index in [4.69, 9.17) is 10.5 Å². The maximum Gasteiger partial charge on any atom is 0.237 e. The van der Waals surface area contributed by atoms with E-state index in [-0.39, 0.29) is 18.5 Å². The van der Waals surface area contributed by atoms with E-state index in [1.54, 1.807) is 4.90 Å². The van der Waals surface area contributed by atoms with E-state index in [1.165, 1.54) is 0 Å². The largest absolute Gasteiger partial charge is 0.381 e. The summed E-state index contributed by atoms with van der Waals surface area (Å²) in [4.78, 5) is 24.7. The second-order valence-electron chi connectivity index (χ2n) is 4.44. The number of nitrogens with one attached hydrogen (secondary N) is 1. The Labute approximate surface area is 108 Å². The molecule has 18 heavy (non-hydrogen) atoms. The predicted molar refractivity (Wildman–Crippen MR) is 67.9 cm³/mol. The van der Waals surface area contributed by atoms with Crippen molar-refractivity contribution in [2.24, 2.45) is 5.73 Å². The number of ether oxygens (including phenoxy) is 1. The fraction of sp³-hybridized carbons (Fsp3) is 0.833. The van der Waals surface area contributed by atoms with Gasteiger partial charge in [-0.1, -0.05) is 0 Å². The van der Waals surface area contributed by atoms with Crippen LogP contribution in [0.4, 0.5) is 0 Å². The molecule has 0 aromatic rings. The molecule has 0 aromatic heterocycles. The standard InChI is InChI=1S/C12H23N3O3/c1-2-18-7-5-12(17)15(9-11(13)16)10-4-3-6-14-8-10/h10,14H,2-9H2,1H3,(H2,13,16). The van der Waals surface area contributed by atoms with Crippen LogP contribution in [-0.2, 0) is 14.3 Å². The van der Waals surface area contributed by atoms with E-state index in [2.05, 4.69) is 5.32 Å². The molecule has 1 rings (SSSR count). The van der Waals surface area contributed by atoms with Crippen molar-refractivity contribution in [3.05, 3.63) is 0 Å². The van der Waals surface area contributed by atoms with Crippen LogP contribution in [-0.4, -0.2) is 55.6 Å². The van der Waals surface area contributed by atoms with Crippen molar-refractivity contribution in [2.45, 2.75) is 32.2 Å². The molecule has 104 valence electrons. The fourth-order valence-electron chi connectivity index (χ4n) is 2.14. The Morgan fingerprint density at radius 2 is 2.28 bits per heavy atom. The summed E-state index contributed by atoms with van der Waals surface area (Å²) in [6.07, 6.45) is 2.23. The number of carbonyl (C=O) groups is 2. The molecular formula is C12H23N3O3. The SMILES string of the molecule is CCOCCC(=O)N(CC(N)=O)C1CCCNC1. The molecule has 0 bridgehead atoms. The van der Waals surface area contributed by atoms with Gasteiger partial charge in [-0.3, -0.25) is 9.59 Å². The minimum absolute atomic E-state index is 0.00267. The third kappa shape index (κ3) is 5.01. The predicted octanol–water partition coefficient (Wildman–Crippen LogP) is -0.521. The van der Waals surface area contributed by atoms with Gasteiger partial charge in [-0.25, -0.2) is 0 Å². The summed E-state index contributed by atoms with van der Waals surface area (Å²) in [5, 5.41) is 3.23. The molecule has 1 heterocycles. The van der Waals surface area contributed by atoms with Crippen LogP contribution in [0.3, 0.4) is 0 Å². The second kappa shape index (κ2) is 8.05. The van der Waals surface area contributed by atoms with Crippen molar-refractivity contribution in [3.63, 3.8) is 0 Å². The van der Waals surface area contributed by atoms with E-state index < -0.39 is 5.91 Å². The maximum absolute atomic E-state index is 12.1. The first-order valence-corrected chi connectivity index (χ1v) is 6.51. The van der Waals surface area contributed by atoms with E-state index in [1.807, 2.05) is 6.92 Å². The molecule has 6 nitrogen and oxygen atoms in total. The topological polar surface area (TPSA) is 84.7 Å². The number of amides is 2. The first kappa shape index (κ1) is 14.9. The molecule has 1 saturated heterocycles. The lowest BCUT2D eigenvalue weighted by Gasteiger charge is -2.34. The lowest BCUT2D eigenvalue weighted by molar-refractivity contribution is -0.138. The summed E-state index contributed by atoms with van der Waals surface area (Å²) in [7, 11) is 0. The Balaban J connectivity index is 2.52. The zero-order valence-corrected chi connectivity index (χ0v) is 11.0. The van der Waals surface area contributed by atoms with Crippen molar-refractivity contribution >= 4 is 11.8 Å². The van der Waals surface area contributed by atoms with Crippen LogP contribution in [0, 0.1) is 0 Å². The molecule has 1 aliphatic heterocycles. The van der Waals surface area contributed by atoms with Crippen LogP contribution in [0.25, 0.3) is 0 Å². The number of nitrogens with two attached hydrogens (primary N) is 1. The van der Waals surface area contributed by atoms with Crippen molar-refractivity contribution in [1.82, 2.24) is 10.2 Å². The van der Waals surface area contributed by atoms with Crippen molar-refractivity contribution < 1.29 is 14.3 Å². The lowest BCUT2D eigenvalue weighted by Crippen LogP contribution is -2.51. The van der Waals surface area contributed by atoms with Gasteiger partial charge in [-0.15, -0.1) is 0 Å². The Hall–Kier alpha value is -1.14. The Kier molecular flexibility index (Phi) is 6.67. The van der Waals surface area contributed by atoms with Crippen LogP contribution >= 0.6 is 0 Å². The smallest absolute Gasteiger partial charge is 0.237 e. The highest BCUT2D eigenvalue weighted by molar-refractivity contribution is 5.84. The molecule has 1 unspecified atom stereocenters. The summed E-state index contributed by atoms with van der Waals surface area (Å²) in [6.45, 7) is 4.56. The average Bonchev–Trinajstić information content (AvgIpc) is 2.37. The summed E-state index contributed by atoms with van der Waals surface area (Å²) < 4.78 is 5.17. The third-order valence-electron chi connectivity index (χ3n) is 3.02. The summed E-state index contributed by atoms with van der Waals surface area (Å²) >= 11 is 0. The monoisotopic (exact) mass is 257 g/mol. The minimum Gasteiger partial charge on any atom is -0.381 e. The summed E-state index contributed by atoms with van der Waals surface area (Å²) in [5.41, 5.74) is 5.21. The van der Waals surface area contributed by atoms with Gasteiger partial charge in [0.1, 0.15) is 0 Å². The number of hydrogen-bond acceptors (Lipinski definition) is 4. The number of piperidine rings is 1. The first-order chi connectivity index (χ1) is 8.65. The van der Waals surface area contributed by atoms with Gasteiger partial charge in [0, 0.05) is 19.2 Å². The summed E-state index contributed by atoms with van der Waals surface area (Å²) in [6, 6.07) is 0.0698. The zero-order valence-electron chi connectivity index (χ0n) is 11.0. The average molecular weight is 257 g/mol. The van der Waals surface area contributed by atoms with Gasteiger partial charge in [0.15, 0.2) is 0 Å². The molecule has 0 saturated carbocycles. The van der Waals surface area contributed by atoms with Gasteiger partial charge < -0.3 is 20.7 Å². The first-order valence-electron chi connectivity index (χ1n) is 6.51. The summed E-state index contributed by atoms with van der Waals surface area (Å²) in [5.74, 6) is -0.527. The number of rotatable bonds is 7. The highest BCUT2D eigenvalue weighted by Gasteiger charge is 2.26. The normalized spacial score (nSPS) is 19.5. The molecule has 1 aliphatic rings. The van der Waals surface area contributed by atoms with Crippen LogP contribution in [0.1, 0.15) is 26.2 Å². The zero-order chi connectivity index (χ0) is 13.4. The van der Waals surface area contributed by atoms with Gasteiger partial charge in [0.05, 0.1) is 19.6 Å². The van der Waals surface area contributed by atoms with Crippen LogP contribution < -0.4 is 11.1 Å². The maximum atomic E-state index is 12.1. The Morgan fingerprint density at radius 1 is 1.50 bits per heavy atom. The second-order valence-corrected chi connectivity index (χ2v) is 4.44. The van der Waals surface area contributed by atoms with Gasteiger partial charge in [-0.05, 0) is 26.3 Å². The quantitative estimate of drug-likeness (QED) is 0.601. The van der Waals surface area contributed by atoms with Crippen LogP contribution in [0.15, 0.2) is 0 Å². The van der Waals surface area contributed by atoms with Gasteiger partial charge in [0.25, 0.3) is 0 Å². The Bertz CT molecular complexity index is 278. The van der Waals surface area contributed by atoms with Crippen molar-refractivity contribution in [1.29, 1.82) is 0 Å². The van der Waals surface area contributed by atoms with Crippen molar-refractivity contribution in [2.75, 3.05) is 32.8 Å². The highest BCUT2D eigenvalue weighted by atomic mass is 16.5. The van der Waals surface area contributed by atoms with E-state index in [9.17, 15) is 9.59 Å². The number of nitrogens with zero attached hydrogens (tertiary/aromatic N) is 1. The molecule has 0 aromatic carbocycles. The molecule has 0 aliphatic carbocycles. The van der Waals surface area contributed by atoms with Crippen LogP contribution in [0.2, 0.25) is 0 Å². The third-order valence-corrected chi connectivity index (χ3v) is 3.02.